The van der Waals surface area contributed by atoms with Crippen LogP contribution in [-0.2, 0) is 20.9 Å². The van der Waals surface area contributed by atoms with Gasteiger partial charge in [-0.05, 0) is 12.8 Å². The summed E-state index contributed by atoms with van der Waals surface area (Å²) in [6, 6.07) is 1.56. The van der Waals surface area contributed by atoms with Gasteiger partial charge in [0, 0.05) is 63.3 Å². The molecule has 5 rings (SSSR count). The van der Waals surface area contributed by atoms with Crippen molar-refractivity contribution in [2.45, 2.75) is 25.8 Å². The summed E-state index contributed by atoms with van der Waals surface area (Å²) in [6.07, 6.45) is 7.04. The molecule has 0 bridgehead atoms. The van der Waals surface area contributed by atoms with E-state index in [1.807, 2.05) is 17.5 Å². The zero-order valence-corrected chi connectivity index (χ0v) is 18.5. The molecule has 2 aliphatic heterocycles. The Morgan fingerprint density at radius 1 is 1.03 bits per heavy atom. The highest BCUT2D eigenvalue weighted by molar-refractivity contribution is 7.15. The second-order valence-electron chi connectivity index (χ2n) is 8.53. The van der Waals surface area contributed by atoms with E-state index < -0.39 is 0 Å². The number of amides is 3. The zero-order chi connectivity index (χ0) is 22.2. The number of allylic oxidation sites excluding steroid dienone is 2. The predicted molar refractivity (Wildman–Crippen MR) is 118 cm³/mol. The number of fused-ring (bicyclic) bond motifs is 2. The molecule has 2 aromatic heterocycles. The van der Waals surface area contributed by atoms with Crippen LogP contribution in [-0.4, -0.2) is 74.5 Å². The number of rotatable bonds is 5. The van der Waals surface area contributed by atoms with Gasteiger partial charge in [0.15, 0.2) is 4.96 Å². The van der Waals surface area contributed by atoms with Crippen LogP contribution < -0.4 is 5.56 Å². The van der Waals surface area contributed by atoms with Crippen molar-refractivity contribution in [2.75, 3.05) is 32.7 Å². The molecule has 2 unspecified atom stereocenters. The topological polar surface area (TPSA) is 95.3 Å². The van der Waals surface area contributed by atoms with Gasteiger partial charge in [-0.3, -0.25) is 33.4 Å². The van der Waals surface area contributed by atoms with E-state index in [1.165, 1.54) is 20.6 Å². The van der Waals surface area contributed by atoms with Gasteiger partial charge < -0.3 is 4.90 Å². The molecule has 32 heavy (non-hydrogen) atoms. The van der Waals surface area contributed by atoms with Crippen LogP contribution in [0.15, 0.2) is 34.6 Å². The predicted octanol–water partition coefficient (Wildman–Crippen LogP) is 0.742. The fourth-order valence-corrected chi connectivity index (χ4v) is 5.55. The summed E-state index contributed by atoms with van der Waals surface area (Å²) in [5.74, 6) is -0.793. The summed E-state index contributed by atoms with van der Waals surface area (Å²) >= 11 is 1.43. The van der Waals surface area contributed by atoms with Crippen LogP contribution in [0.5, 0.6) is 0 Å². The van der Waals surface area contributed by atoms with E-state index in [-0.39, 0.29) is 48.1 Å². The third-order valence-electron chi connectivity index (χ3n) is 6.61. The Labute approximate surface area is 188 Å². The van der Waals surface area contributed by atoms with Crippen molar-refractivity contribution in [3.05, 3.63) is 45.8 Å². The molecular formula is C22H25N5O4S. The lowest BCUT2D eigenvalue weighted by Gasteiger charge is -2.34. The van der Waals surface area contributed by atoms with Crippen LogP contribution in [0.2, 0.25) is 0 Å². The van der Waals surface area contributed by atoms with Gasteiger partial charge in [-0.2, -0.15) is 0 Å². The largest absolute Gasteiger partial charge is 0.340 e. The molecule has 0 saturated carbocycles. The summed E-state index contributed by atoms with van der Waals surface area (Å²) in [5.41, 5.74) is 0.654. The number of carbonyl (C=O) groups is 3. The second-order valence-corrected chi connectivity index (χ2v) is 9.41. The van der Waals surface area contributed by atoms with Crippen molar-refractivity contribution >= 4 is 34.0 Å². The Hall–Kier alpha value is -2.85. The minimum atomic E-state index is -0.249. The van der Waals surface area contributed by atoms with Crippen molar-refractivity contribution in [2.24, 2.45) is 11.8 Å². The molecule has 1 aliphatic carbocycles. The average molecular weight is 456 g/mol. The molecule has 0 spiro atoms. The van der Waals surface area contributed by atoms with Crippen LogP contribution in [0, 0.1) is 11.8 Å². The number of carbonyl (C=O) groups excluding carboxylic acids is 3. The summed E-state index contributed by atoms with van der Waals surface area (Å²) in [4.78, 5) is 60.5. The SMILES string of the molecule is O=C(CCN1C(=O)C2CC=CCC2C1=O)N1CCN(Cc2cc(=O)n3ccsc3n2)CC1. The number of piperazine rings is 1. The van der Waals surface area contributed by atoms with E-state index >= 15 is 0 Å². The van der Waals surface area contributed by atoms with Crippen molar-refractivity contribution in [1.29, 1.82) is 0 Å². The summed E-state index contributed by atoms with van der Waals surface area (Å²) in [6.45, 7) is 3.27. The van der Waals surface area contributed by atoms with Gasteiger partial charge in [0.1, 0.15) is 0 Å². The lowest BCUT2D eigenvalue weighted by molar-refractivity contribution is -0.141. The molecule has 4 heterocycles. The Morgan fingerprint density at radius 2 is 1.72 bits per heavy atom. The fraction of sp³-hybridized carbons (Fsp3) is 0.500. The number of thiazole rings is 1. The summed E-state index contributed by atoms with van der Waals surface area (Å²) < 4.78 is 1.53. The lowest BCUT2D eigenvalue weighted by Crippen LogP contribution is -2.49. The molecule has 10 heteroatoms. The molecule has 3 amide bonds. The smallest absolute Gasteiger partial charge is 0.258 e. The van der Waals surface area contributed by atoms with E-state index in [4.69, 9.17) is 0 Å². The number of likely N-dealkylation sites (tertiary alicyclic amines) is 1. The Balaban J connectivity index is 1.12. The van der Waals surface area contributed by atoms with Gasteiger partial charge in [-0.1, -0.05) is 12.2 Å². The molecule has 0 aromatic carbocycles. The summed E-state index contributed by atoms with van der Waals surface area (Å²) in [7, 11) is 0. The molecular weight excluding hydrogens is 430 g/mol. The van der Waals surface area contributed by atoms with Crippen molar-refractivity contribution in [1.82, 2.24) is 24.1 Å². The number of imide groups is 1. The molecule has 3 aliphatic rings. The zero-order valence-electron chi connectivity index (χ0n) is 17.7. The highest BCUT2D eigenvalue weighted by Gasteiger charge is 2.47. The molecule has 2 aromatic rings. The molecule has 0 radical (unpaired) electrons. The monoisotopic (exact) mass is 455 g/mol. The van der Waals surface area contributed by atoms with Crippen molar-refractivity contribution in [3.63, 3.8) is 0 Å². The van der Waals surface area contributed by atoms with Crippen LogP contribution >= 0.6 is 11.3 Å². The second kappa shape index (κ2) is 8.59. The van der Waals surface area contributed by atoms with E-state index in [9.17, 15) is 19.2 Å². The first kappa shape index (κ1) is 21.0. The van der Waals surface area contributed by atoms with Gasteiger partial charge >= 0.3 is 0 Å². The minimum Gasteiger partial charge on any atom is -0.340 e. The van der Waals surface area contributed by atoms with Crippen LogP contribution in [0.4, 0.5) is 0 Å². The third kappa shape index (κ3) is 3.88. The number of hydrogen-bond donors (Lipinski definition) is 0. The van der Waals surface area contributed by atoms with Gasteiger partial charge in [-0.25, -0.2) is 4.98 Å². The quantitative estimate of drug-likeness (QED) is 0.488. The van der Waals surface area contributed by atoms with Gasteiger partial charge in [0.05, 0.1) is 17.5 Å². The van der Waals surface area contributed by atoms with Gasteiger partial charge in [-0.15, -0.1) is 11.3 Å². The molecule has 168 valence electrons. The highest BCUT2D eigenvalue weighted by atomic mass is 32.1. The Kier molecular flexibility index (Phi) is 5.64. The van der Waals surface area contributed by atoms with Crippen molar-refractivity contribution < 1.29 is 14.4 Å². The maximum Gasteiger partial charge on any atom is 0.258 e. The standard InChI is InChI=1S/C22H25N5O4S/c28-18(5-6-27-20(30)16-3-1-2-4-17(16)21(27)31)25-9-7-24(8-10-25)14-15-13-19(29)26-11-12-32-22(26)23-15/h1-2,11-13,16-17H,3-10,14H2. The van der Waals surface area contributed by atoms with Gasteiger partial charge in [0.25, 0.3) is 5.56 Å². The molecule has 2 saturated heterocycles. The lowest BCUT2D eigenvalue weighted by atomic mass is 9.85. The Bertz CT molecular complexity index is 1120. The molecule has 2 fully saturated rings. The fourth-order valence-electron chi connectivity index (χ4n) is 4.81. The first-order valence-corrected chi connectivity index (χ1v) is 11.9. The molecule has 9 nitrogen and oxygen atoms in total. The number of hydrogen-bond acceptors (Lipinski definition) is 7. The number of aromatic nitrogens is 2. The first-order chi connectivity index (χ1) is 15.5. The summed E-state index contributed by atoms with van der Waals surface area (Å²) in [5, 5.41) is 1.84. The van der Waals surface area contributed by atoms with E-state index in [1.54, 1.807) is 17.2 Å². The molecule has 0 N–H and O–H groups in total. The first-order valence-electron chi connectivity index (χ1n) is 11.0. The normalized spacial score (nSPS) is 23.9. The van der Waals surface area contributed by atoms with Crippen LogP contribution in [0.1, 0.15) is 25.0 Å². The Morgan fingerprint density at radius 3 is 2.41 bits per heavy atom. The van der Waals surface area contributed by atoms with Crippen molar-refractivity contribution in [3.8, 4) is 0 Å². The maximum atomic E-state index is 12.7. The van der Waals surface area contributed by atoms with E-state index in [2.05, 4.69) is 9.88 Å². The maximum absolute atomic E-state index is 12.7. The average Bonchev–Trinajstić information content (AvgIpc) is 3.37. The minimum absolute atomic E-state index is 0.0328. The van der Waals surface area contributed by atoms with Crippen LogP contribution in [0.3, 0.4) is 0 Å². The third-order valence-corrected chi connectivity index (χ3v) is 7.37. The number of nitrogens with zero attached hydrogens (tertiary/aromatic N) is 5. The van der Waals surface area contributed by atoms with Crippen LogP contribution in [0.25, 0.3) is 4.96 Å². The highest BCUT2D eigenvalue weighted by Crippen LogP contribution is 2.35. The van der Waals surface area contributed by atoms with Gasteiger partial charge in [0.2, 0.25) is 17.7 Å². The molecule has 2 atom stereocenters. The van der Waals surface area contributed by atoms with E-state index in [0.29, 0.717) is 50.5 Å². The van der Waals surface area contributed by atoms with E-state index in [0.717, 1.165) is 5.69 Å².